The van der Waals surface area contributed by atoms with Crippen LogP contribution in [0.15, 0.2) is 30.5 Å². The normalized spacial score (nSPS) is 12.4. The van der Waals surface area contributed by atoms with Gasteiger partial charge in [0.15, 0.2) is 0 Å². The van der Waals surface area contributed by atoms with Gasteiger partial charge in [0.25, 0.3) is 0 Å². The second-order valence-electron chi connectivity index (χ2n) is 4.08. The Bertz CT molecular complexity index is 560. The molecule has 1 heterocycles. The van der Waals surface area contributed by atoms with E-state index >= 15 is 0 Å². The van der Waals surface area contributed by atoms with Crippen LogP contribution in [0.1, 0.15) is 23.1 Å². The molecule has 0 radical (unpaired) electrons. The highest BCUT2D eigenvalue weighted by atomic mass is 35.5. The summed E-state index contributed by atoms with van der Waals surface area (Å²) in [5.74, 6) is 0.323. The minimum absolute atomic E-state index is 0.283. The predicted octanol–water partition coefficient (Wildman–Crippen LogP) is 2.82. The average molecular weight is 266 g/mol. The van der Waals surface area contributed by atoms with Crippen molar-refractivity contribution in [2.75, 3.05) is 0 Å². The Labute approximate surface area is 110 Å². The summed E-state index contributed by atoms with van der Waals surface area (Å²) in [6.07, 6.45) is 2.18. The summed E-state index contributed by atoms with van der Waals surface area (Å²) in [4.78, 5) is 8.28. The first-order valence-electron chi connectivity index (χ1n) is 5.55. The average Bonchev–Trinajstić information content (AvgIpc) is 2.32. The molecule has 0 bridgehead atoms. The van der Waals surface area contributed by atoms with Crippen molar-refractivity contribution in [1.82, 2.24) is 9.97 Å². The van der Waals surface area contributed by atoms with E-state index in [1.807, 2.05) is 0 Å². The highest BCUT2D eigenvalue weighted by Crippen LogP contribution is 2.22. The van der Waals surface area contributed by atoms with E-state index in [9.17, 15) is 4.39 Å². The maximum atomic E-state index is 12.9. The number of aryl methyl sites for hydroxylation is 1. The second kappa shape index (κ2) is 5.42. The number of rotatable bonds is 3. The van der Waals surface area contributed by atoms with Crippen LogP contribution >= 0.6 is 11.6 Å². The van der Waals surface area contributed by atoms with Gasteiger partial charge >= 0.3 is 0 Å². The molecule has 2 aromatic rings. The van der Waals surface area contributed by atoms with Crippen LogP contribution in [0.25, 0.3) is 0 Å². The standard InChI is InChI=1S/C13H13ClFN3/c1-8-17-5-4-13(18-8)12(16)6-9-2-3-10(15)7-11(9)14/h2-5,7,12H,6,16H2,1H3. The molecular formula is C13H13ClFN3. The first-order valence-corrected chi connectivity index (χ1v) is 5.93. The SMILES string of the molecule is Cc1nccc(C(N)Cc2ccc(F)cc2Cl)n1. The van der Waals surface area contributed by atoms with E-state index in [4.69, 9.17) is 17.3 Å². The molecule has 5 heteroatoms. The second-order valence-corrected chi connectivity index (χ2v) is 4.48. The first-order chi connectivity index (χ1) is 8.56. The minimum Gasteiger partial charge on any atom is -0.322 e. The molecule has 3 nitrogen and oxygen atoms in total. The number of aromatic nitrogens is 2. The quantitative estimate of drug-likeness (QED) is 0.928. The van der Waals surface area contributed by atoms with Gasteiger partial charge in [0, 0.05) is 11.2 Å². The summed E-state index contributed by atoms with van der Waals surface area (Å²) in [5, 5.41) is 0.385. The van der Waals surface area contributed by atoms with Crippen LogP contribution in [0.5, 0.6) is 0 Å². The van der Waals surface area contributed by atoms with Crippen molar-refractivity contribution < 1.29 is 4.39 Å². The van der Waals surface area contributed by atoms with Crippen LogP contribution in [-0.2, 0) is 6.42 Å². The third-order valence-electron chi connectivity index (χ3n) is 2.63. The zero-order valence-corrected chi connectivity index (χ0v) is 10.7. The Hall–Kier alpha value is -1.52. The van der Waals surface area contributed by atoms with E-state index in [1.165, 1.54) is 12.1 Å². The zero-order valence-electron chi connectivity index (χ0n) is 9.90. The Morgan fingerprint density at radius 1 is 1.39 bits per heavy atom. The lowest BCUT2D eigenvalue weighted by Crippen LogP contribution is -2.16. The van der Waals surface area contributed by atoms with Gasteiger partial charge in [0.1, 0.15) is 11.6 Å². The smallest absolute Gasteiger partial charge is 0.125 e. The van der Waals surface area contributed by atoms with Crippen LogP contribution in [0.4, 0.5) is 4.39 Å². The van der Waals surface area contributed by atoms with Crippen LogP contribution < -0.4 is 5.73 Å². The van der Waals surface area contributed by atoms with Gasteiger partial charge in [-0.1, -0.05) is 17.7 Å². The molecule has 1 unspecified atom stereocenters. The molecule has 94 valence electrons. The monoisotopic (exact) mass is 265 g/mol. The predicted molar refractivity (Wildman–Crippen MR) is 68.8 cm³/mol. The minimum atomic E-state index is -0.352. The van der Waals surface area contributed by atoms with Crippen molar-refractivity contribution in [3.05, 3.63) is 58.4 Å². The Kier molecular flexibility index (Phi) is 3.89. The summed E-state index contributed by atoms with van der Waals surface area (Å²) >= 11 is 5.96. The van der Waals surface area contributed by atoms with E-state index in [1.54, 1.807) is 25.3 Å². The molecule has 0 amide bonds. The fraction of sp³-hybridized carbons (Fsp3) is 0.231. The van der Waals surface area contributed by atoms with Crippen LogP contribution in [-0.4, -0.2) is 9.97 Å². The molecular weight excluding hydrogens is 253 g/mol. The molecule has 0 aliphatic rings. The molecule has 1 aromatic carbocycles. The number of halogens is 2. The van der Waals surface area contributed by atoms with Gasteiger partial charge in [0.2, 0.25) is 0 Å². The summed E-state index contributed by atoms with van der Waals surface area (Å²) in [6.45, 7) is 1.81. The zero-order chi connectivity index (χ0) is 13.1. The lowest BCUT2D eigenvalue weighted by molar-refractivity contribution is 0.625. The molecule has 2 N–H and O–H groups in total. The van der Waals surface area contributed by atoms with Gasteiger partial charge < -0.3 is 5.73 Å². The molecule has 0 fully saturated rings. The van der Waals surface area contributed by atoms with E-state index < -0.39 is 0 Å². The number of hydrogen-bond acceptors (Lipinski definition) is 3. The third-order valence-corrected chi connectivity index (χ3v) is 2.98. The Morgan fingerprint density at radius 2 is 2.17 bits per heavy atom. The van der Waals surface area contributed by atoms with Crippen molar-refractivity contribution in [2.24, 2.45) is 5.73 Å². The number of hydrogen-bond donors (Lipinski definition) is 1. The number of nitrogens with two attached hydrogens (primary N) is 1. The molecule has 1 atom stereocenters. The molecule has 0 saturated carbocycles. The van der Waals surface area contributed by atoms with E-state index in [0.717, 1.165) is 11.3 Å². The summed E-state index contributed by atoms with van der Waals surface area (Å²) in [5.41, 5.74) is 7.62. The molecule has 1 aromatic heterocycles. The lowest BCUT2D eigenvalue weighted by atomic mass is 10.0. The molecule has 0 spiro atoms. The number of nitrogens with zero attached hydrogens (tertiary/aromatic N) is 2. The molecule has 18 heavy (non-hydrogen) atoms. The summed E-state index contributed by atoms with van der Waals surface area (Å²) < 4.78 is 12.9. The largest absolute Gasteiger partial charge is 0.322 e. The van der Waals surface area contributed by atoms with Crippen LogP contribution in [0.2, 0.25) is 5.02 Å². The van der Waals surface area contributed by atoms with Gasteiger partial charge in [-0.25, -0.2) is 14.4 Å². The highest BCUT2D eigenvalue weighted by molar-refractivity contribution is 6.31. The van der Waals surface area contributed by atoms with Gasteiger partial charge in [-0.05, 0) is 37.1 Å². The maximum Gasteiger partial charge on any atom is 0.125 e. The van der Waals surface area contributed by atoms with Crippen LogP contribution in [0.3, 0.4) is 0 Å². The first kappa shape index (κ1) is 12.9. The summed E-state index contributed by atoms with van der Waals surface area (Å²) in [7, 11) is 0. The third kappa shape index (κ3) is 3.03. The van der Waals surface area contributed by atoms with E-state index in [-0.39, 0.29) is 11.9 Å². The summed E-state index contributed by atoms with van der Waals surface area (Å²) in [6, 6.07) is 5.80. The van der Waals surface area contributed by atoms with Gasteiger partial charge in [0.05, 0.1) is 11.7 Å². The van der Waals surface area contributed by atoms with Crippen molar-refractivity contribution >= 4 is 11.6 Å². The topological polar surface area (TPSA) is 51.8 Å². The molecule has 0 aliphatic carbocycles. The van der Waals surface area contributed by atoms with Gasteiger partial charge in [-0.2, -0.15) is 0 Å². The highest BCUT2D eigenvalue weighted by Gasteiger charge is 2.11. The Balaban J connectivity index is 2.18. The molecule has 2 rings (SSSR count). The van der Waals surface area contributed by atoms with Crippen molar-refractivity contribution in [3.8, 4) is 0 Å². The fourth-order valence-corrected chi connectivity index (χ4v) is 1.95. The van der Waals surface area contributed by atoms with E-state index in [2.05, 4.69) is 9.97 Å². The fourth-order valence-electron chi connectivity index (χ4n) is 1.71. The maximum absolute atomic E-state index is 12.9. The molecule has 0 aliphatic heterocycles. The van der Waals surface area contributed by atoms with E-state index in [0.29, 0.717) is 17.3 Å². The van der Waals surface area contributed by atoms with Crippen molar-refractivity contribution in [2.45, 2.75) is 19.4 Å². The number of benzene rings is 1. The lowest BCUT2D eigenvalue weighted by Gasteiger charge is -2.12. The van der Waals surface area contributed by atoms with Crippen molar-refractivity contribution in [3.63, 3.8) is 0 Å². The van der Waals surface area contributed by atoms with Gasteiger partial charge in [-0.3, -0.25) is 0 Å². The Morgan fingerprint density at radius 3 is 2.83 bits per heavy atom. The molecule has 0 saturated heterocycles. The van der Waals surface area contributed by atoms with Crippen molar-refractivity contribution in [1.29, 1.82) is 0 Å². The van der Waals surface area contributed by atoms with Gasteiger partial charge in [-0.15, -0.1) is 0 Å². The van der Waals surface area contributed by atoms with Crippen LogP contribution in [0, 0.1) is 12.7 Å².